The Hall–Kier alpha value is -1.90. The van der Waals surface area contributed by atoms with Crippen molar-refractivity contribution in [3.05, 3.63) is 47.7 Å². The highest BCUT2D eigenvalue weighted by Gasteiger charge is 2.28. The van der Waals surface area contributed by atoms with Crippen LogP contribution in [-0.4, -0.2) is 30.7 Å². The lowest BCUT2D eigenvalue weighted by molar-refractivity contribution is 0.275. The third-order valence-corrected chi connectivity index (χ3v) is 4.86. The molecule has 21 heavy (non-hydrogen) atoms. The predicted octanol–water partition coefficient (Wildman–Crippen LogP) is -0.0212. The van der Waals surface area contributed by atoms with Crippen LogP contribution in [0.4, 0.5) is 0 Å². The van der Waals surface area contributed by atoms with Crippen molar-refractivity contribution in [3.8, 4) is 5.75 Å². The van der Waals surface area contributed by atoms with Crippen LogP contribution in [0.3, 0.4) is 0 Å². The number of fused-ring (bicyclic) bond motifs is 1. The van der Waals surface area contributed by atoms with Crippen LogP contribution in [0.2, 0.25) is 0 Å². The normalized spacial score (nSPS) is 14.2. The molecule has 1 aromatic heterocycles. The Morgan fingerprint density at radius 3 is 2.81 bits per heavy atom. The summed E-state index contributed by atoms with van der Waals surface area (Å²) in [5.74, 6) is -0.322. The molecule has 3 rings (SSSR count). The molecule has 0 fully saturated rings. The van der Waals surface area contributed by atoms with Crippen LogP contribution in [-0.2, 0) is 26.9 Å². The van der Waals surface area contributed by atoms with E-state index in [1.165, 1.54) is 12.1 Å². The molecule has 2 N–H and O–H groups in total. The largest absolute Gasteiger partial charge is 0.506 e. The minimum Gasteiger partial charge on any atom is -0.506 e. The van der Waals surface area contributed by atoms with Gasteiger partial charge in [-0.15, -0.1) is 0 Å². The van der Waals surface area contributed by atoms with E-state index in [0.717, 1.165) is 11.8 Å². The second-order valence-corrected chi connectivity index (χ2v) is 6.75. The SMILES string of the molecule is O=S(=O)(Cc1ccc2c(c1)B(O)OC2)c1ccc(O)cn1. The van der Waals surface area contributed by atoms with Crippen LogP contribution in [0, 0.1) is 0 Å². The number of benzene rings is 1. The molecule has 1 aromatic carbocycles. The Morgan fingerprint density at radius 1 is 1.29 bits per heavy atom. The standard InChI is InChI=1S/C13H12BNO5S/c16-11-3-4-13(15-6-11)21(18,19)8-9-1-2-10-7-20-14(17)12(10)5-9/h1-6,16-17H,7-8H2. The van der Waals surface area contributed by atoms with Crippen molar-refractivity contribution in [2.24, 2.45) is 0 Å². The molecule has 2 heterocycles. The third-order valence-electron chi connectivity index (χ3n) is 3.27. The minimum atomic E-state index is -3.61. The number of sulfone groups is 1. The van der Waals surface area contributed by atoms with E-state index in [0.29, 0.717) is 17.6 Å². The van der Waals surface area contributed by atoms with E-state index in [9.17, 15) is 13.4 Å². The molecule has 6 nitrogen and oxygen atoms in total. The predicted molar refractivity (Wildman–Crippen MR) is 75.6 cm³/mol. The molecular formula is C13H12BNO5S. The molecule has 0 spiro atoms. The molecule has 0 saturated carbocycles. The first-order valence-corrected chi connectivity index (χ1v) is 7.90. The van der Waals surface area contributed by atoms with Gasteiger partial charge in [-0.3, -0.25) is 0 Å². The highest BCUT2D eigenvalue weighted by molar-refractivity contribution is 7.90. The van der Waals surface area contributed by atoms with Crippen LogP contribution < -0.4 is 5.46 Å². The van der Waals surface area contributed by atoms with Crippen molar-refractivity contribution in [3.63, 3.8) is 0 Å². The molecule has 108 valence electrons. The fraction of sp³-hybridized carbons (Fsp3) is 0.154. The fourth-order valence-corrected chi connectivity index (χ4v) is 3.46. The molecule has 0 radical (unpaired) electrons. The number of aromatic hydroxyl groups is 1. The molecule has 0 atom stereocenters. The maximum atomic E-state index is 12.3. The van der Waals surface area contributed by atoms with Gasteiger partial charge in [0.2, 0.25) is 0 Å². The number of hydrogen-bond donors (Lipinski definition) is 2. The van der Waals surface area contributed by atoms with E-state index in [1.54, 1.807) is 18.2 Å². The molecule has 1 aliphatic rings. The van der Waals surface area contributed by atoms with E-state index < -0.39 is 17.0 Å². The van der Waals surface area contributed by atoms with Gasteiger partial charge in [-0.2, -0.15) is 0 Å². The van der Waals surface area contributed by atoms with Crippen molar-refractivity contribution in [2.75, 3.05) is 0 Å². The van der Waals surface area contributed by atoms with Gasteiger partial charge in [-0.25, -0.2) is 13.4 Å². The van der Waals surface area contributed by atoms with Crippen molar-refractivity contribution in [2.45, 2.75) is 17.4 Å². The number of aromatic nitrogens is 1. The Labute approximate surface area is 122 Å². The highest BCUT2D eigenvalue weighted by Crippen LogP contribution is 2.18. The van der Waals surface area contributed by atoms with Gasteiger partial charge < -0.3 is 14.8 Å². The van der Waals surface area contributed by atoms with Gasteiger partial charge in [0.15, 0.2) is 14.9 Å². The van der Waals surface area contributed by atoms with Crippen molar-refractivity contribution in [1.29, 1.82) is 0 Å². The van der Waals surface area contributed by atoms with E-state index in [1.807, 2.05) is 0 Å². The summed E-state index contributed by atoms with van der Waals surface area (Å²) in [7, 11) is -4.61. The molecule has 1 aliphatic heterocycles. The van der Waals surface area contributed by atoms with E-state index in [4.69, 9.17) is 9.76 Å². The highest BCUT2D eigenvalue weighted by atomic mass is 32.2. The van der Waals surface area contributed by atoms with Crippen LogP contribution in [0.5, 0.6) is 5.75 Å². The molecular weight excluding hydrogens is 293 g/mol. The first kappa shape index (κ1) is 14.1. The van der Waals surface area contributed by atoms with E-state index in [2.05, 4.69) is 4.98 Å². The number of rotatable bonds is 3. The minimum absolute atomic E-state index is 0.0910. The topological polar surface area (TPSA) is 96.7 Å². The quantitative estimate of drug-likeness (QED) is 0.774. The zero-order chi connectivity index (χ0) is 15.0. The molecule has 0 saturated heterocycles. The smallest absolute Gasteiger partial charge is 0.491 e. The van der Waals surface area contributed by atoms with Crippen LogP contribution >= 0.6 is 0 Å². The van der Waals surface area contributed by atoms with Crippen molar-refractivity contribution >= 4 is 22.4 Å². The average molecular weight is 305 g/mol. The third kappa shape index (κ3) is 2.78. The van der Waals surface area contributed by atoms with E-state index >= 15 is 0 Å². The average Bonchev–Trinajstić information content (AvgIpc) is 2.80. The Balaban J connectivity index is 1.89. The van der Waals surface area contributed by atoms with Gasteiger partial charge in [0.1, 0.15) is 5.75 Å². The number of hydrogen-bond acceptors (Lipinski definition) is 6. The van der Waals surface area contributed by atoms with Gasteiger partial charge >= 0.3 is 7.12 Å². The van der Waals surface area contributed by atoms with Crippen LogP contribution in [0.1, 0.15) is 11.1 Å². The second-order valence-electron chi connectivity index (χ2n) is 4.81. The lowest BCUT2D eigenvalue weighted by Gasteiger charge is -2.06. The molecule has 0 bridgehead atoms. The molecule has 0 amide bonds. The maximum Gasteiger partial charge on any atom is 0.491 e. The van der Waals surface area contributed by atoms with E-state index in [-0.39, 0.29) is 16.5 Å². The zero-order valence-electron chi connectivity index (χ0n) is 10.9. The van der Waals surface area contributed by atoms with Crippen molar-refractivity contribution < 1.29 is 23.2 Å². The van der Waals surface area contributed by atoms with Gasteiger partial charge in [-0.05, 0) is 28.7 Å². The second kappa shape index (κ2) is 5.14. The molecule has 2 aromatic rings. The Morgan fingerprint density at radius 2 is 2.10 bits per heavy atom. The first-order valence-electron chi connectivity index (χ1n) is 6.25. The lowest BCUT2D eigenvalue weighted by Crippen LogP contribution is -2.28. The Bertz CT molecular complexity index is 776. The zero-order valence-corrected chi connectivity index (χ0v) is 11.7. The fourth-order valence-electron chi connectivity index (χ4n) is 2.20. The Kier molecular flexibility index (Phi) is 3.44. The molecule has 8 heteroatoms. The lowest BCUT2D eigenvalue weighted by atomic mass is 9.79. The summed E-state index contributed by atoms with van der Waals surface area (Å²) >= 11 is 0. The van der Waals surface area contributed by atoms with Gasteiger partial charge in [-0.1, -0.05) is 18.2 Å². The summed E-state index contributed by atoms with van der Waals surface area (Å²) in [6.07, 6.45) is 1.09. The first-order chi connectivity index (χ1) is 9.95. The maximum absolute atomic E-state index is 12.3. The molecule has 0 aliphatic carbocycles. The van der Waals surface area contributed by atoms with Crippen LogP contribution in [0.15, 0.2) is 41.6 Å². The van der Waals surface area contributed by atoms with Gasteiger partial charge in [0.05, 0.1) is 18.6 Å². The summed E-state index contributed by atoms with van der Waals surface area (Å²) in [5, 5.41) is 18.7. The molecule has 0 unspecified atom stereocenters. The summed E-state index contributed by atoms with van der Waals surface area (Å²) < 4.78 is 29.6. The van der Waals surface area contributed by atoms with Gasteiger partial charge in [0, 0.05) is 0 Å². The summed E-state index contributed by atoms with van der Waals surface area (Å²) in [6.45, 7) is 0.322. The van der Waals surface area contributed by atoms with Gasteiger partial charge in [0.25, 0.3) is 0 Å². The number of pyridine rings is 1. The summed E-state index contributed by atoms with van der Waals surface area (Å²) in [4.78, 5) is 3.72. The number of nitrogens with zero attached hydrogens (tertiary/aromatic N) is 1. The monoisotopic (exact) mass is 305 g/mol. The summed E-state index contributed by atoms with van der Waals surface area (Å²) in [6, 6.07) is 7.61. The summed E-state index contributed by atoms with van der Waals surface area (Å²) in [5.41, 5.74) is 2.00. The van der Waals surface area contributed by atoms with Crippen LogP contribution in [0.25, 0.3) is 0 Å². The van der Waals surface area contributed by atoms with Crippen molar-refractivity contribution in [1.82, 2.24) is 4.98 Å².